The molecule has 4 unspecified atom stereocenters. The van der Waals surface area contributed by atoms with E-state index in [0.717, 1.165) is 9.58 Å². The van der Waals surface area contributed by atoms with E-state index in [1.54, 1.807) is 66.7 Å². The Morgan fingerprint density at radius 3 is 2.27 bits per heavy atom. The van der Waals surface area contributed by atoms with Crippen molar-refractivity contribution in [1.29, 1.82) is 0 Å². The number of hydrogen-bond acceptors (Lipinski definition) is 7. The van der Waals surface area contributed by atoms with E-state index in [-0.39, 0.29) is 26.2 Å². The number of carbonyl (C=O) groups is 2. The summed E-state index contributed by atoms with van der Waals surface area (Å²) in [6.07, 6.45) is 1.90. The molecule has 4 atom stereocenters. The number of ether oxygens (including phenoxy) is 1. The molecule has 8 rings (SSSR count). The third kappa shape index (κ3) is 5.04. The van der Waals surface area contributed by atoms with Gasteiger partial charge in [-0.1, -0.05) is 60.1 Å². The first-order chi connectivity index (χ1) is 24.7. The predicted molar refractivity (Wildman–Crippen MR) is 186 cm³/mol. The first-order valence-corrected chi connectivity index (χ1v) is 16.8. The van der Waals surface area contributed by atoms with Crippen molar-refractivity contribution < 1.29 is 23.8 Å². The molecule has 0 bridgehead atoms. The van der Waals surface area contributed by atoms with Crippen LogP contribution in [0.2, 0.25) is 5.02 Å². The smallest absolute Gasteiger partial charge is 0.352 e. The largest absolute Gasteiger partial charge is 0.491 e. The summed E-state index contributed by atoms with van der Waals surface area (Å²) in [5.74, 6) is -2.89. The molecule has 2 fully saturated rings. The second-order valence-electron chi connectivity index (χ2n) is 12.7. The summed E-state index contributed by atoms with van der Waals surface area (Å²) in [6, 6.07) is 27.1. The fraction of sp³-hybridized carbons (Fsp3) is 0.211. The van der Waals surface area contributed by atoms with E-state index in [1.165, 1.54) is 33.6 Å². The lowest BCUT2D eigenvalue weighted by molar-refractivity contribution is -0.138. The van der Waals surface area contributed by atoms with Crippen LogP contribution in [0.1, 0.15) is 29.5 Å². The molecule has 11 nitrogen and oxygen atoms in total. The van der Waals surface area contributed by atoms with Crippen molar-refractivity contribution in [2.75, 3.05) is 18.6 Å². The van der Waals surface area contributed by atoms with Crippen molar-refractivity contribution in [2.24, 2.45) is 5.92 Å². The summed E-state index contributed by atoms with van der Waals surface area (Å²) in [7, 11) is 0. The van der Waals surface area contributed by atoms with E-state index in [9.17, 15) is 23.9 Å². The van der Waals surface area contributed by atoms with Crippen molar-refractivity contribution in [1.82, 2.24) is 18.9 Å². The number of hydrazine groups is 1. The molecule has 3 aliphatic rings. The Morgan fingerprint density at radius 2 is 1.59 bits per heavy atom. The lowest BCUT2D eigenvalue weighted by atomic mass is 9.53. The highest BCUT2D eigenvalue weighted by molar-refractivity contribution is 6.30. The summed E-state index contributed by atoms with van der Waals surface area (Å²) in [4.78, 5) is 57.9. The van der Waals surface area contributed by atoms with E-state index >= 15 is 4.79 Å². The van der Waals surface area contributed by atoms with Crippen LogP contribution in [0.3, 0.4) is 0 Å². The number of halogens is 2. The van der Waals surface area contributed by atoms with Crippen LogP contribution in [0.15, 0.2) is 124 Å². The summed E-state index contributed by atoms with van der Waals surface area (Å²) in [5.41, 5.74) is 2.95. The minimum atomic E-state index is -1.53. The number of benzene rings is 4. The van der Waals surface area contributed by atoms with Crippen LogP contribution in [-0.2, 0) is 21.5 Å². The van der Waals surface area contributed by atoms with Gasteiger partial charge in [0.15, 0.2) is 0 Å². The third-order valence-corrected chi connectivity index (χ3v) is 10.4. The number of aliphatic hydroxyl groups excluding tert-OH is 1. The number of fused-ring (bicyclic) bond motifs is 4. The van der Waals surface area contributed by atoms with Crippen LogP contribution in [0.4, 0.5) is 10.1 Å². The highest BCUT2D eigenvalue weighted by Gasteiger charge is 2.68. The Morgan fingerprint density at radius 1 is 0.882 bits per heavy atom. The predicted octanol–water partition coefficient (Wildman–Crippen LogP) is 4.58. The Labute approximate surface area is 295 Å². The zero-order chi connectivity index (χ0) is 35.4. The summed E-state index contributed by atoms with van der Waals surface area (Å²) in [5, 5.41) is 10.7. The maximum atomic E-state index is 15.2. The fourth-order valence-corrected chi connectivity index (χ4v) is 8.14. The standard InChI is InChI=1S/C38H31ClFN5O6/c39-25-10-8-24(9-11-25)38-31(34(47)44(35(38)48)41-27-14-12-26(40)13-15-27)22-32-30(33(38)23-6-16-29(17-7-23)51-21-20-46)18-19-42-36(49)43(37(50)45(32)42)28-4-2-1-3-5-28/h1-18,31-33,41,46H,19-22H2. The van der Waals surface area contributed by atoms with Crippen LogP contribution >= 0.6 is 11.6 Å². The van der Waals surface area contributed by atoms with Gasteiger partial charge in [0.05, 0.1) is 41.9 Å². The molecule has 1 saturated heterocycles. The number of aliphatic hydroxyl groups is 1. The van der Waals surface area contributed by atoms with Crippen molar-refractivity contribution in [3.63, 3.8) is 0 Å². The number of amides is 2. The first-order valence-electron chi connectivity index (χ1n) is 16.4. The average Bonchev–Trinajstić information content (AvgIpc) is 3.53. The molecular formula is C38H31ClFN5O6. The van der Waals surface area contributed by atoms with E-state index in [0.29, 0.717) is 38.8 Å². The number of imide groups is 1. The number of nitrogens with zero attached hydrogens (tertiary/aromatic N) is 4. The van der Waals surface area contributed by atoms with Crippen molar-refractivity contribution in [3.8, 4) is 11.4 Å². The minimum absolute atomic E-state index is 0.0208. The second kappa shape index (κ2) is 12.6. The van der Waals surface area contributed by atoms with Gasteiger partial charge in [0.2, 0.25) is 0 Å². The molecule has 4 aromatic carbocycles. The summed E-state index contributed by atoms with van der Waals surface area (Å²) >= 11 is 6.35. The first kappa shape index (κ1) is 32.5. The van der Waals surface area contributed by atoms with Crippen molar-refractivity contribution in [3.05, 3.63) is 158 Å². The zero-order valence-electron chi connectivity index (χ0n) is 27.0. The Bertz CT molecular complexity index is 2300. The molecular weight excluding hydrogens is 677 g/mol. The molecule has 2 aliphatic heterocycles. The van der Waals surface area contributed by atoms with E-state index in [1.807, 2.05) is 18.2 Å². The average molecular weight is 708 g/mol. The van der Waals surface area contributed by atoms with Gasteiger partial charge in [0.25, 0.3) is 11.8 Å². The lowest BCUT2D eigenvalue weighted by Gasteiger charge is -2.49. The Balaban J connectivity index is 1.35. The highest BCUT2D eigenvalue weighted by Crippen LogP contribution is 2.62. The van der Waals surface area contributed by atoms with E-state index < -0.39 is 52.3 Å². The summed E-state index contributed by atoms with van der Waals surface area (Å²) < 4.78 is 23.4. The molecule has 13 heteroatoms. The SMILES string of the molecule is O=C1C2CC3C(=CCn4c(=O)n(-c5ccccc5)c(=O)n43)C(c3ccc(OCCO)cc3)C2(c2ccc(Cl)cc2)C(=O)N1Nc1ccc(F)cc1. The van der Waals surface area contributed by atoms with E-state index in [2.05, 4.69) is 5.43 Å². The van der Waals surface area contributed by atoms with Crippen molar-refractivity contribution in [2.45, 2.75) is 30.3 Å². The normalized spacial score (nSPS) is 22.2. The third-order valence-electron chi connectivity index (χ3n) is 10.1. The summed E-state index contributed by atoms with van der Waals surface area (Å²) in [6.45, 7) is -0.0372. The van der Waals surface area contributed by atoms with Crippen LogP contribution in [0.25, 0.3) is 5.69 Å². The molecule has 0 spiro atoms. The number of allylic oxidation sites excluding steroid dienone is 2. The minimum Gasteiger partial charge on any atom is -0.491 e. The number of carbonyl (C=O) groups excluding carboxylic acids is 2. The van der Waals surface area contributed by atoms with Gasteiger partial charge in [0.1, 0.15) is 18.2 Å². The van der Waals surface area contributed by atoms with Gasteiger partial charge >= 0.3 is 11.4 Å². The van der Waals surface area contributed by atoms with Crippen LogP contribution in [0.5, 0.6) is 5.75 Å². The molecule has 5 aromatic rings. The molecule has 258 valence electrons. The number of para-hydroxylation sites is 1. The molecule has 2 N–H and O–H groups in total. The van der Waals surface area contributed by atoms with Gasteiger partial charge in [-0.3, -0.25) is 15.0 Å². The highest BCUT2D eigenvalue weighted by atomic mass is 35.5. The Hall–Kier alpha value is -5.72. The lowest BCUT2D eigenvalue weighted by Crippen LogP contribution is -2.53. The molecule has 2 amide bonds. The molecule has 51 heavy (non-hydrogen) atoms. The number of nitrogens with one attached hydrogen (secondary N) is 1. The number of hydrogen-bond donors (Lipinski definition) is 2. The second-order valence-corrected chi connectivity index (χ2v) is 13.2. The monoisotopic (exact) mass is 707 g/mol. The topological polar surface area (TPSA) is 128 Å². The number of aromatic nitrogens is 3. The van der Waals surface area contributed by atoms with Gasteiger partial charge in [0, 0.05) is 10.9 Å². The van der Waals surface area contributed by atoms with Crippen molar-refractivity contribution >= 4 is 29.1 Å². The van der Waals surface area contributed by atoms with Gasteiger partial charge in [-0.15, -0.1) is 0 Å². The van der Waals surface area contributed by atoms with Gasteiger partial charge < -0.3 is 9.84 Å². The molecule has 1 aromatic heterocycles. The van der Waals surface area contributed by atoms with Gasteiger partial charge in [-0.25, -0.2) is 27.9 Å². The molecule has 1 saturated carbocycles. The molecule has 3 heterocycles. The number of anilines is 1. The maximum Gasteiger partial charge on any atom is 0.352 e. The number of rotatable bonds is 8. The van der Waals surface area contributed by atoms with Gasteiger partial charge in [-0.05, 0) is 83.8 Å². The maximum absolute atomic E-state index is 15.2. The molecule has 1 aliphatic carbocycles. The molecule has 0 radical (unpaired) electrons. The fourth-order valence-electron chi connectivity index (χ4n) is 8.01. The van der Waals surface area contributed by atoms with Crippen LogP contribution < -0.4 is 21.5 Å². The zero-order valence-corrected chi connectivity index (χ0v) is 27.7. The van der Waals surface area contributed by atoms with Gasteiger partial charge in [-0.2, -0.15) is 5.01 Å². The Kier molecular flexibility index (Phi) is 8.00. The van der Waals surface area contributed by atoms with Crippen LogP contribution in [0, 0.1) is 11.7 Å². The van der Waals surface area contributed by atoms with Crippen LogP contribution in [-0.4, -0.2) is 49.1 Å². The quantitative estimate of drug-likeness (QED) is 0.179. The van der Waals surface area contributed by atoms with E-state index in [4.69, 9.17) is 16.3 Å².